The van der Waals surface area contributed by atoms with E-state index in [0.717, 1.165) is 54.5 Å². The van der Waals surface area contributed by atoms with Crippen LogP contribution in [0.5, 0.6) is 0 Å². The van der Waals surface area contributed by atoms with Crippen molar-refractivity contribution in [2.75, 3.05) is 13.6 Å². The summed E-state index contributed by atoms with van der Waals surface area (Å²) < 4.78 is 0. The molecule has 2 N–H and O–H groups in total. The Morgan fingerprint density at radius 3 is 2.13 bits per heavy atom. The van der Waals surface area contributed by atoms with Crippen LogP contribution in [0.3, 0.4) is 0 Å². The number of nitrogens with two attached hydrogens (primary N) is 1. The molecule has 0 spiro atoms. The van der Waals surface area contributed by atoms with Crippen molar-refractivity contribution in [3.8, 4) is 22.3 Å². The van der Waals surface area contributed by atoms with Gasteiger partial charge in [-0.2, -0.15) is 0 Å². The van der Waals surface area contributed by atoms with Crippen molar-refractivity contribution in [1.29, 1.82) is 0 Å². The van der Waals surface area contributed by atoms with Gasteiger partial charge in [0.05, 0.1) is 0 Å². The summed E-state index contributed by atoms with van der Waals surface area (Å²) in [6.07, 6.45) is 11.6. The van der Waals surface area contributed by atoms with E-state index in [9.17, 15) is 4.79 Å². The maximum atomic E-state index is 12.9. The van der Waals surface area contributed by atoms with Gasteiger partial charge in [-0.3, -0.25) is 14.8 Å². The molecule has 2 aromatic heterocycles. The largest absolute Gasteiger partial charge is 0.341 e. The van der Waals surface area contributed by atoms with E-state index >= 15 is 0 Å². The minimum absolute atomic E-state index is 0.0695. The smallest absolute Gasteiger partial charge is 0.253 e. The third-order valence-electron chi connectivity index (χ3n) is 5.99. The first-order valence-corrected chi connectivity index (χ1v) is 10.6. The van der Waals surface area contributed by atoms with Crippen molar-refractivity contribution in [2.24, 2.45) is 11.7 Å². The average molecular weight is 401 g/mol. The molecule has 1 aromatic carbocycles. The normalized spacial score (nSPS) is 18.7. The van der Waals surface area contributed by atoms with Gasteiger partial charge in [-0.05, 0) is 73.1 Å². The Morgan fingerprint density at radius 1 is 0.900 bits per heavy atom. The Balaban J connectivity index is 1.44. The molecule has 1 saturated carbocycles. The summed E-state index contributed by atoms with van der Waals surface area (Å²) in [4.78, 5) is 23.2. The topological polar surface area (TPSA) is 72.1 Å². The number of aromatic nitrogens is 2. The van der Waals surface area contributed by atoms with Crippen molar-refractivity contribution < 1.29 is 4.79 Å². The fourth-order valence-corrected chi connectivity index (χ4v) is 4.17. The number of rotatable bonds is 5. The minimum atomic E-state index is 0.0695. The van der Waals surface area contributed by atoms with E-state index in [4.69, 9.17) is 5.73 Å². The van der Waals surface area contributed by atoms with Crippen molar-refractivity contribution in [3.05, 3.63) is 72.8 Å². The summed E-state index contributed by atoms with van der Waals surface area (Å²) in [6.45, 7) is 0.797. The lowest BCUT2D eigenvalue weighted by molar-refractivity contribution is 0.0759. The SMILES string of the molecule is CN(C[C@H]1CC[C@H](N)CC1)C(=O)c1ccc(-c2cncc(-c3ccncc3)c2)cc1. The zero-order chi connectivity index (χ0) is 20.9. The van der Waals surface area contributed by atoms with Gasteiger partial charge >= 0.3 is 0 Å². The Morgan fingerprint density at radius 2 is 1.50 bits per heavy atom. The van der Waals surface area contributed by atoms with Crippen LogP contribution in [-0.2, 0) is 0 Å². The number of nitrogens with zero attached hydrogens (tertiary/aromatic N) is 3. The van der Waals surface area contributed by atoms with Gasteiger partial charge in [0.15, 0.2) is 0 Å². The first-order chi connectivity index (χ1) is 14.6. The molecule has 5 heteroatoms. The molecule has 2 heterocycles. The monoisotopic (exact) mass is 400 g/mol. The third-order valence-corrected chi connectivity index (χ3v) is 5.99. The predicted octanol–water partition coefficient (Wildman–Crippen LogP) is 4.40. The highest BCUT2D eigenvalue weighted by atomic mass is 16.2. The minimum Gasteiger partial charge on any atom is -0.341 e. The van der Waals surface area contributed by atoms with Crippen molar-refractivity contribution in [2.45, 2.75) is 31.7 Å². The van der Waals surface area contributed by atoms with Crippen LogP contribution in [0.15, 0.2) is 67.3 Å². The van der Waals surface area contributed by atoms with Gasteiger partial charge in [-0.25, -0.2) is 0 Å². The van der Waals surface area contributed by atoms with Crippen molar-refractivity contribution >= 4 is 5.91 Å². The molecule has 0 radical (unpaired) electrons. The molecular weight excluding hydrogens is 372 g/mol. The molecular formula is C25H28N4O. The molecule has 1 aliphatic rings. The zero-order valence-corrected chi connectivity index (χ0v) is 17.4. The van der Waals surface area contributed by atoms with Gasteiger partial charge in [0, 0.05) is 61.1 Å². The number of benzene rings is 1. The highest BCUT2D eigenvalue weighted by Crippen LogP contribution is 2.26. The second kappa shape index (κ2) is 9.18. The van der Waals surface area contributed by atoms with Crippen LogP contribution < -0.4 is 5.73 Å². The van der Waals surface area contributed by atoms with E-state index in [1.165, 1.54) is 0 Å². The number of hydrogen-bond donors (Lipinski definition) is 1. The maximum Gasteiger partial charge on any atom is 0.253 e. The molecule has 0 unspecified atom stereocenters. The van der Waals surface area contributed by atoms with Crippen LogP contribution in [0.2, 0.25) is 0 Å². The quantitative estimate of drug-likeness (QED) is 0.689. The molecule has 5 nitrogen and oxygen atoms in total. The predicted molar refractivity (Wildman–Crippen MR) is 120 cm³/mol. The molecule has 1 aliphatic carbocycles. The molecule has 30 heavy (non-hydrogen) atoms. The number of pyridine rings is 2. The second-order valence-electron chi connectivity index (χ2n) is 8.24. The van der Waals surface area contributed by atoms with Crippen LogP contribution in [0.4, 0.5) is 0 Å². The Labute approximate surface area is 178 Å². The van der Waals surface area contributed by atoms with Crippen LogP contribution >= 0.6 is 0 Å². The first-order valence-electron chi connectivity index (χ1n) is 10.6. The number of hydrogen-bond acceptors (Lipinski definition) is 4. The van der Waals surface area contributed by atoms with Gasteiger partial charge in [-0.15, -0.1) is 0 Å². The van der Waals surface area contributed by atoms with Crippen LogP contribution in [-0.4, -0.2) is 40.4 Å². The summed E-state index contributed by atoms with van der Waals surface area (Å²) >= 11 is 0. The van der Waals surface area contributed by atoms with Crippen LogP contribution in [0.25, 0.3) is 22.3 Å². The van der Waals surface area contributed by atoms with E-state index < -0.39 is 0 Å². The molecule has 0 atom stereocenters. The lowest BCUT2D eigenvalue weighted by Crippen LogP contribution is -2.35. The summed E-state index contributed by atoms with van der Waals surface area (Å²) in [5, 5.41) is 0. The standard InChI is InChI=1S/C25H28N4O/c1-29(17-18-2-8-24(26)9-3-18)25(30)21-6-4-19(5-7-21)22-14-23(16-28-15-22)20-10-12-27-13-11-20/h4-7,10-16,18,24H,2-3,8-9,17,26H2,1H3/t18-,24-. The second-order valence-corrected chi connectivity index (χ2v) is 8.24. The van der Waals surface area contributed by atoms with Gasteiger partial charge in [0.2, 0.25) is 0 Å². The van der Waals surface area contributed by atoms with Gasteiger partial charge in [-0.1, -0.05) is 12.1 Å². The fraction of sp³-hybridized carbons (Fsp3) is 0.320. The first kappa shape index (κ1) is 20.2. The molecule has 1 amide bonds. The summed E-state index contributed by atoms with van der Waals surface area (Å²) in [7, 11) is 1.90. The maximum absolute atomic E-state index is 12.9. The molecule has 0 aliphatic heterocycles. The number of carbonyl (C=O) groups is 1. The highest BCUT2D eigenvalue weighted by Gasteiger charge is 2.22. The Bertz CT molecular complexity index is 980. The van der Waals surface area contributed by atoms with Crippen LogP contribution in [0.1, 0.15) is 36.0 Å². The van der Waals surface area contributed by atoms with E-state index in [1.807, 2.05) is 60.7 Å². The summed E-state index contributed by atoms with van der Waals surface area (Å²) in [6, 6.07) is 14.2. The van der Waals surface area contributed by atoms with E-state index in [0.29, 0.717) is 17.5 Å². The molecule has 3 aromatic rings. The van der Waals surface area contributed by atoms with Crippen molar-refractivity contribution in [3.63, 3.8) is 0 Å². The van der Waals surface area contributed by atoms with Gasteiger partial charge < -0.3 is 10.6 Å². The summed E-state index contributed by atoms with van der Waals surface area (Å²) in [5.41, 5.74) is 10.9. The van der Waals surface area contributed by atoms with Gasteiger partial charge in [0.25, 0.3) is 5.91 Å². The molecule has 0 bridgehead atoms. The molecule has 4 rings (SSSR count). The molecule has 0 saturated heterocycles. The third kappa shape index (κ3) is 4.74. The highest BCUT2D eigenvalue weighted by molar-refractivity contribution is 5.94. The lowest BCUT2D eigenvalue weighted by atomic mass is 9.86. The zero-order valence-electron chi connectivity index (χ0n) is 17.4. The average Bonchev–Trinajstić information content (AvgIpc) is 2.81. The van der Waals surface area contributed by atoms with Crippen LogP contribution in [0, 0.1) is 5.92 Å². The summed E-state index contributed by atoms with van der Waals surface area (Å²) in [5.74, 6) is 0.625. The number of carbonyl (C=O) groups excluding carboxylic acids is 1. The Hall–Kier alpha value is -3.05. The van der Waals surface area contributed by atoms with Gasteiger partial charge in [0.1, 0.15) is 0 Å². The molecule has 1 fully saturated rings. The van der Waals surface area contributed by atoms with E-state index in [2.05, 4.69) is 16.0 Å². The fourth-order valence-electron chi connectivity index (χ4n) is 4.17. The molecule has 154 valence electrons. The van der Waals surface area contributed by atoms with Crippen molar-refractivity contribution in [1.82, 2.24) is 14.9 Å². The van der Waals surface area contributed by atoms with E-state index in [1.54, 1.807) is 12.4 Å². The lowest BCUT2D eigenvalue weighted by Gasteiger charge is -2.29. The number of amides is 1. The van der Waals surface area contributed by atoms with E-state index in [-0.39, 0.29) is 5.91 Å². The Kier molecular flexibility index (Phi) is 6.19.